The third kappa shape index (κ3) is 4.05. The minimum Gasteiger partial charge on any atom is -0.341 e. The van der Waals surface area contributed by atoms with Gasteiger partial charge in [0, 0.05) is 33.6 Å². The van der Waals surface area contributed by atoms with E-state index in [1.807, 2.05) is 30.3 Å². The number of carbonyl (C=O) groups excluding carboxylic acids is 2. The summed E-state index contributed by atoms with van der Waals surface area (Å²) in [6.45, 7) is 1.36. The Morgan fingerprint density at radius 3 is 2.38 bits per heavy atom. The molecule has 1 saturated heterocycles. The quantitative estimate of drug-likeness (QED) is 0.632. The van der Waals surface area contributed by atoms with Crippen molar-refractivity contribution in [2.24, 2.45) is 14.1 Å². The van der Waals surface area contributed by atoms with Crippen molar-refractivity contribution in [3.05, 3.63) is 74.6 Å². The summed E-state index contributed by atoms with van der Waals surface area (Å²) in [5, 5.41) is 3.06. The molecule has 0 radical (unpaired) electrons. The SMILES string of the molecule is Cn1c(=O)c2ccc(C(=O)NC(Cc3ccccc3)C(=O)N3CCCC3)nc2n(C)c1=O. The van der Waals surface area contributed by atoms with Gasteiger partial charge >= 0.3 is 5.69 Å². The Labute approximate surface area is 184 Å². The van der Waals surface area contributed by atoms with Crippen molar-refractivity contribution in [1.82, 2.24) is 24.3 Å². The van der Waals surface area contributed by atoms with Crippen LogP contribution in [0.15, 0.2) is 52.1 Å². The summed E-state index contributed by atoms with van der Waals surface area (Å²) in [6.07, 6.45) is 2.26. The average Bonchev–Trinajstić information content (AvgIpc) is 3.35. The van der Waals surface area contributed by atoms with E-state index in [-0.39, 0.29) is 22.6 Å². The highest BCUT2D eigenvalue weighted by atomic mass is 16.2. The van der Waals surface area contributed by atoms with Gasteiger partial charge in [-0.25, -0.2) is 9.78 Å². The smallest absolute Gasteiger partial charge is 0.332 e. The third-order valence-corrected chi connectivity index (χ3v) is 5.84. The molecule has 32 heavy (non-hydrogen) atoms. The van der Waals surface area contributed by atoms with Crippen molar-refractivity contribution in [2.75, 3.05) is 13.1 Å². The van der Waals surface area contributed by atoms with E-state index in [2.05, 4.69) is 10.3 Å². The van der Waals surface area contributed by atoms with Gasteiger partial charge in [-0.1, -0.05) is 30.3 Å². The van der Waals surface area contributed by atoms with Crippen molar-refractivity contribution < 1.29 is 9.59 Å². The molecular formula is C23H25N5O4. The molecule has 1 aliphatic heterocycles. The number of aromatic nitrogens is 3. The number of fused-ring (bicyclic) bond motifs is 1. The molecule has 166 valence electrons. The Balaban J connectivity index is 1.65. The van der Waals surface area contributed by atoms with Crippen molar-refractivity contribution in [3.8, 4) is 0 Å². The van der Waals surface area contributed by atoms with Gasteiger partial charge in [0.05, 0.1) is 5.39 Å². The van der Waals surface area contributed by atoms with E-state index in [0.717, 1.165) is 23.0 Å². The summed E-state index contributed by atoms with van der Waals surface area (Å²) in [4.78, 5) is 56.8. The molecule has 1 fully saturated rings. The standard InChI is InChI=1S/C23H25N5O4/c1-26-19-16(21(30)27(2)23(26)32)10-11-17(24-19)20(29)25-18(14-15-8-4-3-5-9-15)22(31)28-12-6-7-13-28/h3-5,8-11,18H,6-7,12-14H2,1-2H3,(H,25,29). The van der Waals surface area contributed by atoms with Gasteiger partial charge in [0.1, 0.15) is 17.4 Å². The van der Waals surface area contributed by atoms with E-state index in [4.69, 9.17) is 0 Å². The lowest BCUT2D eigenvalue weighted by Crippen LogP contribution is -2.49. The number of carbonyl (C=O) groups is 2. The summed E-state index contributed by atoms with van der Waals surface area (Å²) in [5.41, 5.74) is 0.0828. The predicted octanol–water partition coefficient (Wildman–Crippen LogP) is 0.596. The molecule has 1 N–H and O–H groups in total. The van der Waals surface area contributed by atoms with Crippen LogP contribution in [-0.2, 0) is 25.3 Å². The Bertz CT molecular complexity index is 1290. The molecule has 0 aliphatic carbocycles. The summed E-state index contributed by atoms with van der Waals surface area (Å²) in [7, 11) is 2.89. The molecule has 9 nitrogen and oxygen atoms in total. The Kier molecular flexibility index (Phi) is 5.89. The van der Waals surface area contributed by atoms with Crippen LogP contribution < -0.4 is 16.6 Å². The number of benzene rings is 1. The zero-order valence-corrected chi connectivity index (χ0v) is 18.1. The van der Waals surface area contributed by atoms with E-state index in [1.165, 1.54) is 30.8 Å². The van der Waals surface area contributed by atoms with Gasteiger partial charge in [-0.3, -0.25) is 23.5 Å². The van der Waals surface area contributed by atoms with Crippen LogP contribution in [0.2, 0.25) is 0 Å². The largest absolute Gasteiger partial charge is 0.341 e. The second-order valence-electron chi connectivity index (χ2n) is 8.02. The van der Waals surface area contributed by atoms with E-state index in [1.54, 1.807) is 4.90 Å². The van der Waals surface area contributed by atoms with Crippen LogP contribution in [0, 0.1) is 0 Å². The van der Waals surface area contributed by atoms with Crippen LogP contribution in [-0.4, -0.2) is 50.0 Å². The number of likely N-dealkylation sites (tertiary alicyclic amines) is 1. The fraction of sp³-hybridized carbons (Fsp3) is 0.348. The molecule has 9 heteroatoms. The lowest BCUT2D eigenvalue weighted by molar-refractivity contribution is -0.132. The maximum absolute atomic E-state index is 13.1. The van der Waals surface area contributed by atoms with Crippen LogP contribution in [0.4, 0.5) is 0 Å². The normalized spacial score (nSPS) is 14.5. The second-order valence-corrected chi connectivity index (χ2v) is 8.02. The van der Waals surface area contributed by atoms with Crippen LogP contribution in [0.1, 0.15) is 28.9 Å². The fourth-order valence-corrected chi connectivity index (χ4v) is 4.02. The first-order valence-electron chi connectivity index (χ1n) is 10.6. The van der Waals surface area contributed by atoms with E-state index >= 15 is 0 Å². The maximum atomic E-state index is 13.1. The van der Waals surface area contributed by atoms with Gasteiger partial charge in [-0.2, -0.15) is 0 Å². The topological polar surface area (TPSA) is 106 Å². The highest BCUT2D eigenvalue weighted by Gasteiger charge is 2.28. The molecule has 0 saturated carbocycles. The Morgan fingerprint density at radius 2 is 1.69 bits per heavy atom. The molecule has 2 amide bonds. The number of nitrogens with one attached hydrogen (secondary N) is 1. The number of pyridine rings is 1. The van der Waals surface area contributed by atoms with Gasteiger partial charge in [0.2, 0.25) is 5.91 Å². The van der Waals surface area contributed by atoms with Crippen molar-refractivity contribution >= 4 is 22.8 Å². The highest BCUT2D eigenvalue weighted by molar-refractivity contribution is 5.97. The lowest BCUT2D eigenvalue weighted by atomic mass is 10.0. The molecule has 2 aromatic heterocycles. The van der Waals surface area contributed by atoms with Crippen LogP contribution in [0.3, 0.4) is 0 Å². The summed E-state index contributed by atoms with van der Waals surface area (Å²) < 4.78 is 2.22. The number of hydrogen-bond donors (Lipinski definition) is 1. The Hall–Kier alpha value is -3.75. The van der Waals surface area contributed by atoms with Crippen molar-refractivity contribution in [1.29, 1.82) is 0 Å². The van der Waals surface area contributed by atoms with Crippen LogP contribution in [0.5, 0.6) is 0 Å². The summed E-state index contributed by atoms with van der Waals surface area (Å²) >= 11 is 0. The molecule has 4 rings (SSSR count). The predicted molar refractivity (Wildman–Crippen MR) is 119 cm³/mol. The van der Waals surface area contributed by atoms with Crippen LogP contribution in [0.25, 0.3) is 11.0 Å². The van der Waals surface area contributed by atoms with Gasteiger partial charge in [-0.05, 0) is 30.5 Å². The zero-order chi connectivity index (χ0) is 22.8. The molecule has 3 heterocycles. The van der Waals surface area contributed by atoms with Gasteiger partial charge in [-0.15, -0.1) is 0 Å². The molecule has 1 unspecified atom stereocenters. The number of rotatable bonds is 5. The third-order valence-electron chi connectivity index (χ3n) is 5.84. The molecule has 0 bridgehead atoms. The summed E-state index contributed by atoms with van der Waals surface area (Å²) in [5.74, 6) is -0.657. The molecule has 1 aliphatic rings. The minimum atomic E-state index is -0.743. The van der Waals surface area contributed by atoms with E-state index in [0.29, 0.717) is 19.5 Å². The maximum Gasteiger partial charge on any atom is 0.332 e. The Morgan fingerprint density at radius 1 is 1.00 bits per heavy atom. The van der Waals surface area contributed by atoms with Gasteiger partial charge < -0.3 is 10.2 Å². The zero-order valence-electron chi connectivity index (χ0n) is 18.1. The first-order valence-corrected chi connectivity index (χ1v) is 10.6. The van der Waals surface area contributed by atoms with Crippen LogP contribution >= 0.6 is 0 Å². The second kappa shape index (κ2) is 8.78. The monoisotopic (exact) mass is 435 g/mol. The number of hydrogen-bond acceptors (Lipinski definition) is 5. The lowest BCUT2D eigenvalue weighted by Gasteiger charge is -2.24. The van der Waals surface area contributed by atoms with E-state index in [9.17, 15) is 19.2 Å². The van der Waals surface area contributed by atoms with Gasteiger partial charge in [0.15, 0.2) is 0 Å². The molecule has 0 spiro atoms. The molecule has 1 atom stereocenters. The molecule has 3 aromatic rings. The first-order chi connectivity index (χ1) is 15.4. The minimum absolute atomic E-state index is 0.0352. The van der Waals surface area contributed by atoms with Crippen molar-refractivity contribution in [2.45, 2.75) is 25.3 Å². The molecular weight excluding hydrogens is 410 g/mol. The number of aryl methyl sites for hydroxylation is 1. The highest BCUT2D eigenvalue weighted by Crippen LogP contribution is 2.13. The number of amides is 2. The van der Waals surface area contributed by atoms with E-state index < -0.39 is 23.2 Å². The fourth-order valence-electron chi connectivity index (χ4n) is 4.02. The first kappa shape index (κ1) is 21.5. The summed E-state index contributed by atoms with van der Waals surface area (Å²) in [6, 6.07) is 11.7. The molecule has 1 aromatic carbocycles. The van der Waals surface area contributed by atoms with Gasteiger partial charge in [0.25, 0.3) is 11.5 Å². The average molecular weight is 435 g/mol. The van der Waals surface area contributed by atoms with Crippen molar-refractivity contribution in [3.63, 3.8) is 0 Å². The number of nitrogens with zero attached hydrogens (tertiary/aromatic N) is 4.